The van der Waals surface area contributed by atoms with Crippen LogP contribution in [0, 0.1) is 12.8 Å². The lowest BCUT2D eigenvalue weighted by atomic mass is 9.68. The first kappa shape index (κ1) is 17.8. The molecule has 5 heteroatoms. The molecule has 2 aromatic rings. The standard InChI is InChI=1S/C23H28N4O/c1-17-12-25-21(13-24-17)22(28)27-10-8-23(9-11-27)16-26(14-18-6-7-18)15-19-4-2-3-5-20(19)23/h2-5,12-13,18H,6-11,14-16H2,1H3. The van der Waals surface area contributed by atoms with Crippen LogP contribution in [0.1, 0.15) is 53.0 Å². The van der Waals surface area contributed by atoms with Crippen molar-refractivity contribution in [1.29, 1.82) is 0 Å². The lowest BCUT2D eigenvalue weighted by molar-refractivity contribution is 0.0584. The quantitative estimate of drug-likeness (QED) is 0.826. The number of hydrogen-bond acceptors (Lipinski definition) is 4. The lowest BCUT2D eigenvalue weighted by Crippen LogP contribution is -2.53. The molecule has 1 saturated carbocycles. The monoisotopic (exact) mass is 376 g/mol. The van der Waals surface area contributed by atoms with Crippen molar-refractivity contribution >= 4 is 5.91 Å². The maximum atomic E-state index is 12.9. The van der Waals surface area contributed by atoms with Crippen LogP contribution in [0.15, 0.2) is 36.7 Å². The van der Waals surface area contributed by atoms with Crippen LogP contribution < -0.4 is 0 Å². The van der Waals surface area contributed by atoms with Crippen LogP contribution in [-0.2, 0) is 12.0 Å². The Balaban J connectivity index is 1.34. The molecule has 2 fully saturated rings. The van der Waals surface area contributed by atoms with Crippen molar-refractivity contribution in [2.45, 2.75) is 44.6 Å². The predicted octanol–water partition coefficient (Wildman–Crippen LogP) is 3.18. The Morgan fingerprint density at radius 2 is 1.93 bits per heavy atom. The highest BCUT2D eigenvalue weighted by molar-refractivity contribution is 5.92. The van der Waals surface area contributed by atoms with Gasteiger partial charge in [-0.2, -0.15) is 0 Å². The van der Waals surface area contributed by atoms with Crippen molar-refractivity contribution < 1.29 is 4.79 Å². The molecule has 1 aromatic heterocycles. The third kappa shape index (κ3) is 3.32. The fourth-order valence-electron chi connectivity index (χ4n) is 5.01. The van der Waals surface area contributed by atoms with E-state index in [1.807, 2.05) is 11.8 Å². The van der Waals surface area contributed by atoms with Crippen LogP contribution >= 0.6 is 0 Å². The number of carbonyl (C=O) groups is 1. The van der Waals surface area contributed by atoms with Crippen molar-refractivity contribution in [2.75, 3.05) is 26.2 Å². The molecule has 5 nitrogen and oxygen atoms in total. The molecule has 0 bridgehead atoms. The van der Waals surface area contributed by atoms with Gasteiger partial charge in [-0.1, -0.05) is 24.3 Å². The first-order chi connectivity index (χ1) is 13.6. The third-order valence-electron chi connectivity index (χ3n) is 6.73. The maximum absolute atomic E-state index is 12.9. The van der Waals surface area contributed by atoms with E-state index >= 15 is 0 Å². The molecule has 1 amide bonds. The van der Waals surface area contributed by atoms with E-state index in [4.69, 9.17) is 0 Å². The molecule has 3 heterocycles. The first-order valence-corrected chi connectivity index (χ1v) is 10.5. The minimum Gasteiger partial charge on any atom is -0.337 e. The van der Waals surface area contributed by atoms with Crippen LogP contribution in [-0.4, -0.2) is 51.9 Å². The zero-order valence-electron chi connectivity index (χ0n) is 16.6. The average molecular weight is 377 g/mol. The number of aromatic nitrogens is 2. The van der Waals surface area contributed by atoms with E-state index in [-0.39, 0.29) is 11.3 Å². The van der Waals surface area contributed by atoms with Gasteiger partial charge in [-0.25, -0.2) is 4.98 Å². The highest BCUT2D eigenvalue weighted by Crippen LogP contribution is 2.43. The van der Waals surface area contributed by atoms with Crippen molar-refractivity contribution in [3.05, 3.63) is 59.2 Å². The number of amides is 1. The average Bonchev–Trinajstić information content (AvgIpc) is 3.53. The summed E-state index contributed by atoms with van der Waals surface area (Å²) in [4.78, 5) is 26.0. The zero-order chi connectivity index (χ0) is 19.1. The second kappa shape index (κ2) is 6.96. The van der Waals surface area contributed by atoms with E-state index in [0.717, 1.165) is 50.6 Å². The molecule has 0 unspecified atom stereocenters. The number of benzene rings is 1. The number of fused-ring (bicyclic) bond motifs is 2. The number of carbonyl (C=O) groups excluding carboxylic acids is 1. The van der Waals surface area contributed by atoms with Gasteiger partial charge < -0.3 is 4.90 Å². The zero-order valence-corrected chi connectivity index (χ0v) is 16.6. The van der Waals surface area contributed by atoms with E-state index in [1.54, 1.807) is 12.4 Å². The summed E-state index contributed by atoms with van der Waals surface area (Å²) in [7, 11) is 0. The molecule has 1 aliphatic carbocycles. The Morgan fingerprint density at radius 1 is 1.14 bits per heavy atom. The molecule has 3 aliphatic rings. The second-order valence-electron chi connectivity index (χ2n) is 8.89. The van der Waals surface area contributed by atoms with Gasteiger partial charge in [-0.15, -0.1) is 0 Å². The van der Waals surface area contributed by atoms with Gasteiger partial charge in [0.05, 0.1) is 11.9 Å². The summed E-state index contributed by atoms with van der Waals surface area (Å²) in [6.07, 6.45) is 8.11. The van der Waals surface area contributed by atoms with Crippen LogP contribution in [0.4, 0.5) is 0 Å². The summed E-state index contributed by atoms with van der Waals surface area (Å²) >= 11 is 0. The second-order valence-corrected chi connectivity index (χ2v) is 8.89. The predicted molar refractivity (Wildman–Crippen MR) is 108 cm³/mol. The fraction of sp³-hybridized carbons (Fsp3) is 0.522. The Hall–Kier alpha value is -2.27. The molecule has 1 spiro atoms. The number of nitrogens with zero attached hydrogens (tertiary/aromatic N) is 4. The molecule has 5 rings (SSSR count). The topological polar surface area (TPSA) is 49.3 Å². The van der Waals surface area contributed by atoms with E-state index in [1.165, 1.54) is 30.5 Å². The smallest absolute Gasteiger partial charge is 0.274 e. The van der Waals surface area contributed by atoms with Gasteiger partial charge in [-0.3, -0.25) is 14.7 Å². The summed E-state index contributed by atoms with van der Waals surface area (Å²) in [6, 6.07) is 8.97. The Labute approximate surface area is 166 Å². The highest BCUT2D eigenvalue weighted by atomic mass is 16.2. The van der Waals surface area contributed by atoms with Crippen LogP contribution in [0.3, 0.4) is 0 Å². The summed E-state index contributed by atoms with van der Waals surface area (Å²) in [5.74, 6) is 0.922. The SMILES string of the molecule is Cc1cnc(C(=O)N2CCC3(CC2)CN(CC2CC2)Cc2ccccc23)cn1. The molecule has 1 aromatic carbocycles. The van der Waals surface area contributed by atoms with Crippen molar-refractivity contribution in [3.8, 4) is 0 Å². The molecule has 2 aliphatic heterocycles. The molecule has 28 heavy (non-hydrogen) atoms. The fourth-order valence-corrected chi connectivity index (χ4v) is 5.01. The Kier molecular flexibility index (Phi) is 4.43. The third-order valence-corrected chi connectivity index (χ3v) is 6.73. The molecule has 0 N–H and O–H groups in total. The van der Waals surface area contributed by atoms with Crippen LogP contribution in [0.25, 0.3) is 0 Å². The maximum Gasteiger partial charge on any atom is 0.274 e. The summed E-state index contributed by atoms with van der Waals surface area (Å²) in [5.41, 5.74) is 4.48. The first-order valence-electron chi connectivity index (χ1n) is 10.5. The number of aryl methyl sites for hydroxylation is 1. The number of rotatable bonds is 3. The van der Waals surface area contributed by atoms with E-state index in [2.05, 4.69) is 39.1 Å². The van der Waals surface area contributed by atoms with Gasteiger partial charge in [0.2, 0.25) is 0 Å². The number of hydrogen-bond donors (Lipinski definition) is 0. The Morgan fingerprint density at radius 3 is 2.64 bits per heavy atom. The summed E-state index contributed by atoms with van der Waals surface area (Å²) in [6.45, 7) is 6.92. The number of piperidine rings is 1. The van der Waals surface area contributed by atoms with Gasteiger partial charge in [0.25, 0.3) is 5.91 Å². The highest BCUT2D eigenvalue weighted by Gasteiger charge is 2.43. The minimum atomic E-state index is 0.0151. The molecule has 0 radical (unpaired) electrons. The van der Waals surface area contributed by atoms with E-state index in [0.29, 0.717) is 5.69 Å². The Bertz CT molecular complexity index is 866. The molecule has 146 valence electrons. The largest absolute Gasteiger partial charge is 0.337 e. The molecule has 1 saturated heterocycles. The van der Waals surface area contributed by atoms with E-state index < -0.39 is 0 Å². The van der Waals surface area contributed by atoms with Crippen LogP contribution in [0.5, 0.6) is 0 Å². The summed E-state index contributed by atoms with van der Waals surface area (Å²) in [5, 5.41) is 0. The normalized spacial score (nSPS) is 21.5. The van der Waals surface area contributed by atoms with Gasteiger partial charge in [0.1, 0.15) is 5.69 Å². The van der Waals surface area contributed by atoms with Gasteiger partial charge in [0, 0.05) is 44.3 Å². The lowest BCUT2D eigenvalue weighted by Gasteiger charge is -2.48. The van der Waals surface area contributed by atoms with Crippen molar-refractivity contribution in [1.82, 2.24) is 19.8 Å². The molecular formula is C23H28N4O. The minimum absolute atomic E-state index is 0.0151. The number of likely N-dealkylation sites (tertiary alicyclic amines) is 1. The summed E-state index contributed by atoms with van der Waals surface area (Å²) < 4.78 is 0. The molecular weight excluding hydrogens is 348 g/mol. The molecule has 0 atom stereocenters. The van der Waals surface area contributed by atoms with Crippen molar-refractivity contribution in [3.63, 3.8) is 0 Å². The van der Waals surface area contributed by atoms with E-state index in [9.17, 15) is 4.79 Å². The van der Waals surface area contributed by atoms with Gasteiger partial charge >= 0.3 is 0 Å². The van der Waals surface area contributed by atoms with Crippen molar-refractivity contribution in [2.24, 2.45) is 5.92 Å². The van der Waals surface area contributed by atoms with Gasteiger partial charge in [-0.05, 0) is 49.7 Å². The van der Waals surface area contributed by atoms with Gasteiger partial charge in [0.15, 0.2) is 0 Å². The van der Waals surface area contributed by atoms with Crippen LogP contribution in [0.2, 0.25) is 0 Å².